The van der Waals surface area contributed by atoms with Gasteiger partial charge in [-0.1, -0.05) is 11.6 Å². The van der Waals surface area contributed by atoms with Crippen LogP contribution in [0.15, 0.2) is 24.3 Å². The van der Waals surface area contributed by atoms with Crippen LogP contribution in [0.4, 0.5) is 5.82 Å². The van der Waals surface area contributed by atoms with Crippen LogP contribution in [0.5, 0.6) is 0 Å². The van der Waals surface area contributed by atoms with Gasteiger partial charge in [-0.25, -0.2) is 9.31 Å². The van der Waals surface area contributed by atoms with E-state index >= 15 is 0 Å². The minimum atomic E-state index is -0.422. The van der Waals surface area contributed by atoms with Gasteiger partial charge < -0.3 is 10.1 Å². The van der Waals surface area contributed by atoms with Crippen LogP contribution in [0.3, 0.4) is 0 Å². The molecule has 0 saturated carbocycles. The fraction of sp³-hybridized carbons (Fsp3) is 0.353. The van der Waals surface area contributed by atoms with Gasteiger partial charge in [-0.3, -0.25) is 4.68 Å². The number of anilines is 1. The van der Waals surface area contributed by atoms with Crippen LogP contribution < -0.4 is 5.32 Å². The zero-order chi connectivity index (χ0) is 18.0. The Morgan fingerprint density at radius 2 is 2.04 bits per heavy atom. The first-order chi connectivity index (χ1) is 12.0. The molecule has 0 spiro atoms. The molecule has 25 heavy (non-hydrogen) atoms. The molecule has 0 aliphatic rings. The Bertz CT molecular complexity index is 915. The third-order valence-corrected chi connectivity index (χ3v) is 3.95. The molecule has 0 bridgehead atoms. The molecule has 3 rings (SSSR count). The molecule has 0 aliphatic heterocycles. The number of aryl methyl sites for hydroxylation is 1. The highest BCUT2D eigenvalue weighted by Crippen LogP contribution is 2.20. The second kappa shape index (κ2) is 7.14. The number of ether oxygens (including phenoxy) is 1. The average molecular weight is 362 g/mol. The Kier molecular flexibility index (Phi) is 4.94. The summed E-state index contributed by atoms with van der Waals surface area (Å²) >= 11 is 6.25. The topological polar surface area (TPSA) is 73.5 Å². The van der Waals surface area contributed by atoms with Crippen LogP contribution in [0.1, 0.15) is 35.7 Å². The maximum absolute atomic E-state index is 11.9. The van der Waals surface area contributed by atoms with Crippen molar-refractivity contribution in [1.29, 1.82) is 0 Å². The Morgan fingerprint density at radius 1 is 1.24 bits per heavy atom. The van der Waals surface area contributed by atoms with Crippen molar-refractivity contribution < 1.29 is 9.53 Å². The van der Waals surface area contributed by atoms with Gasteiger partial charge in [-0.2, -0.15) is 10.2 Å². The molecule has 0 atom stereocenters. The molecule has 7 nitrogen and oxygen atoms in total. The van der Waals surface area contributed by atoms with Gasteiger partial charge in [0.2, 0.25) is 0 Å². The van der Waals surface area contributed by atoms with E-state index < -0.39 is 5.97 Å². The number of aromatic nitrogens is 4. The quantitative estimate of drug-likeness (QED) is 0.683. The second-order valence-corrected chi connectivity index (χ2v) is 6.05. The number of esters is 1. The van der Waals surface area contributed by atoms with E-state index in [0.29, 0.717) is 23.9 Å². The monoisotopic (exact) mass is 361 g/mol. The highest BCUT2D eigenvalue weighted by Gasteiger charge is 2.15. The molecular formula is C17H20ClN5O2. The summed E-state index contributed by atoms with van der Waals surface area (Å²) in [5.41, 5.74) is 2.92. The van der Waals surface area contributed by atoms with Gasteiger partial charge in [0.15, 0.2) is 5.69 Å². The lowest BCUT2D eigenvalue weighted by molar-refractivity contribution is 0.0518. The van der Waals surface area contributed by atoms with Crippen LogP contribution in [-0.2, 0) is 11.3 Å². The summed E-state index contributed by atoms with van der Waals surface area (Å²) in [5, 5.41) is 12.7. The summed E-state index contributed by atoms with van der Waals surface area (Å²) in [4.78, 5) is 11.9. The SMILES string of the molecule is CCNc1cc2cc(Cl)cc(Cn3nc(C(=O)OCC)cc3C)n2n1. The van der Waals surface area contributed by atoms with E-state index in [0.717, 1.165) is 29.3 Å². The van der Waals surface area contributed by atoms with E-state index in [-0.39, 0.29) is 0 Å². The zero-order valence-corrected chi connectivity index (χ0v) is 15.2. The first-order valence-electron chi connectivity index (χ1n) is 8.15. The highest BCUT2D eigenvalue weighted by atomic mass is 35.5. The summed E-state index contributed by atoms with van der Waals surface area (Å²) in [7, 11) is 0. The molecule has 1 N–H and O–H groups in total. The van der Waals surface area contributed by atoms with Gasteiger partial charge >= 0.3 is 5.97 Å². The lowest BCUT2D eigenvalue weighted by Crippen LogP contribution is -2.11. The van der Waals surface area contributed by atoms with Crippen molar-refractivity contribution in [3.63, 3.8) is 0 Å². The summed E-state index contributed by atoms with van der Waals surface area (Å²) in [6.07, 6.45) is 0. The largest absolute Gasteiger partial charge is 0.461 e. The van der Waals surface area contributed by atoms with E-state index in [1.165, 1.54) is 0 Å². The minimum absolute atomic E-state index is 0.298. The molecule has 8 heteroatoms. The second-order valence-electron chi connectivity index (χ2n) is 5.61. The molecule has 0 aliphatic carbocycles. The maximum atomic E-state index is 11.9. The number of rotatable bonds is 6. The predicted molar refractivity (Wildman–Crippen MR) is 96.4 cm³/mol. The number of carbonyl (C=O) groups excluding carboxylic acids is 1. The number of fused-ring (bicyclic) bond motifs is 1. The van der Waals surface area contributed by atoms with Crippen LogP contribution in [0.2, 0.25) is 5.02 Å². The number of nitrogens with one attached hydrogen (secondary N) is 1. The lowest BCUT2D eigenvalue weighted by Gasteiger charge is -2.08. The number of halogens is 1. The Hall–Kier alpha value is -2.54. The van der Waals surface area contributed by atoms with Gasteiger partial charge in [0.1, 0.15) is 5.82 Å². The summed E-state index contributed by atoms with van der Waals surface area (Å²) in [6.45, 7) is 7.22. The molecule has 0 amide bonds. The van der Waals surface area contributed by atoms with Crippen molar-refractivity contribution >= 4 is 28.9 Å². The molecule has 0 radical (unpaired) electrons. The normalized spacial score (nSPS) is 11.0. The van der Waals surface area contributed by atoms with Crippen molar-refractivity contribution in [2.24, 2.45) is 0 Å². The van der Waals surface area contributed by atoms with Crippen LogP contribution in [0.25, 0.3) is 5.52 Å². The van der Waals surface area contributed by atoms with Gasteiger partial charge in [-0.15, -0.1) is 0 Å². The van der Waals surface area contributed by atoms with Gasteiger partial charge in [-0.05, 0) is 39.0 Å². The highest BCUT2D eigenvalue weighted by molar-refractivity contribution is 6.31. The third-order valence-electron chi connectivity index (χ3n) is 3.73. The van der Waals surface area contributed by atoms with Crippen molar-refractivity contribution in [3.05, 3.63) is 46.4 Å². The fourth-order valence-corrected chi connectivity index (χ4v) is 2.88. The maximum Gasteiger partial charge on any atom is 0.358 e. The predicted octanol–water partition coefficient (Wildman–Crippen LogP) is 3.15. The number of nitrogens with zero attached hydrogens (tertiary/aromatic N) is 4. The van der Waals surface area contributed by atoms with Gasteiger partial charge in [0, 0.05) is 23.3 Å². The molecule has 0 fully saturated rings. The van der Waals surface area contributed by atoms with Crippen molar-refractivity contribution in [1.82, 2.24) is 19.4 Å². The fourth-order valence-electron chi connectivity index (χ4n) is 2.64. The Labute approximate surface area is 150 Å². The summed E-state index contributed by atoms with van der Waals surface area (Å²) in [6, 6.07) is 7.37. The molecule has 3 heterocycles. The first kappa shape index (κ1) is 17.3. The van der Waals surface area contributed by atoms with E-state index in [1.54, 1.807) is 17.7 Å². The van der Waals surface area contributed by atoms with Gasteiger partial charge in [0.25, 0.3) is 0 Å². The number of hydrogen-bond donors (Lipinski definition) is 1. The number of pyridine rings is 1. The minimum Gasteiger partial charge on any atom is -0.461 e. The summed E-state index contributed by atoms with van der Waals surface area (Å²) < 4.78 is 8.57. The van der Waals surface area contributed by atoms with Crippen LogP contribution >= 0.6 is 11.6 Å². The molecular weight excluding hydrogens is 342 g/mol. The smallest absolute Gasteiger partial charge is 0.358 e. The van der Waals surface area contributed by atoms with E-state index in [1.807, 2.05) is 36.6 Å². The molecule has 0 aromatic carbocycles. The Morgan fingerprint density at radius 3 is 2.76 bits per heavy atom. The van der Waals surface area contributed by atoms with Crippen LogP contribution in [-0.4, -0.2) is 38.5 Å². The molecule has 132 valence electrons. The Balaban J connectivity index is 1.96. The van der Waals surface area contributed by atoms with Crippen LogP contribution in [0, 0.1) is 6.92 Å². The van der Waals surface area contributed by atoms with Crippen molar-refractivity contribution in [2.75, 3.05) is 18.5 Å². The standard InChI is InChI=1S/C17H20ClN5O2/c1-4-19-16-9-13-7-12(18)8-14(23(13)21-16)10-22-11(3)6-15(20-22)17(24)25-5-2/h6-9H,4-5,10H2,1-3H3,(H,19,21). The average Bonchev–Trinajstić information content (AvgIpc) is 3.12. The van der Waals surface area contributed by atoms with Crippen molar-refractivity contribution in [2.45, 2.75) is 27.3 Å². The number of hydrogen-bond acceptors (Lipinski definition) is 5. The summed E-state index contributed by atoms with van der Waals surface area (Å²) in [5.74, 6) is 0.365. The molecule has 0 saturated heterocycles. The van der Waals surface area contributed by atoms with Gasteiger partial charge in [0.05, 0.1) is 24.4 Å². The molecule has 0 unspecified atom stereocenters. The third kappa shape index (κ3) is 3.61. The zero-order valence-electron chi connectivity index (χ0n) is 14.4. The number of carbonyl (C=O) groups is 1. The van der Waals surface area contributed by atoms with E-state index in [4.69, 9.17) is 16.3 Å². The molecule has 3 aromatic rings. The lowest BCUT2D eigenvalue weighted by atomic mass is 10.3. The molecule has 3 aromatic heterocycles. The van der Waals surface area contributed by atoms with E-state index in [2.05, 4.69) is 15.5 Å². The first-order valence-corrected chi connectivity index (χ1v) is 8.53. The van der Waals surface area contributed by atoms with E-state index in [9.17, 15) is 4.79 Å². The van der Waals surface area contributed by atoms with Crippen molar-refractivity contribution in [3.8, 4) is 0 Å².